The zero-order valence-corrected chi connectivity index (χ0v) is 13.6. The lowest BCUT2D eigenvalue weighted by atomic mass is 9.98. The molecule has 4 nitrogen and oxygen atoms in total. The second-order valence-electron chi connectivity index (χ2n) is 6.08. The van der Waals surface area contributed by atoms with Gasteiger partial charge < -0.3 is 16.8 Å². The molecule has 0 radical (unpaired) electrons. The standard InChI is InChI=1S/C17H29N3O/c1-5-12(4)16(19)17(21)20-10-15(18)14-8-6-13(7-9-14)11(2)3/h6-9,11-12,15-16H,5,10,18-19H2,1-4H3,(H,20,21). The minimum atomic E-state index is -0.467. The number of hydrogen-bond donors (Lipinski definition) is 3. The van der Waals surface area contributed by atoms with Crippen molar-refractivity contribution in [3.8, 4) is 0 Å². The van der Waals surface area contributed by atoms with E-state index in [0.717, 1.165) is 12.0 Å². The Bertz CT molecular complexity index is 442. The first-order valence-electron chi connectivity index (χ1n) is 7.75. The van der Waals surface area contributed by atoms with E-state index in [1.807, 2.05) is 26.0 Å². The van der Waals surface area contributed by atoms with E-state index < -0.39 is 6.04 Å². The van der Waals surface area contributed by atoms with E-state index >= 15 is 0 Å². The zero-order chi connectivity index (χ0) is 16.0. The molecule has 0 aliphatic carbocycles. The van der Waals surface area contributed by atoms with Crippen LogP contribution in [0, 0.1) is 5.92 Å². The number of nitrogens with one attached hydrogen (secondary N) is 1. The Morgan fingerprint density at radius 3 is 2.10 bits per heavy atom. The van der Waals surface area contributed by atoms with E-state index in [2.05, 4.69) is 31.3 Å². The van der Waals surface area contributed by atoms with Crippen molar-refractivity contribution in [3.05, 3.63) is 35.4 Å². The van der Waals surface area contributed by atoms with E-state index in [4.69, 9.17) is 11.5 Å². The Labute approximate surface area is 128 Å². The molecule has 5 N–H and O–H groups in total. The maximum atomic E-state index is 11.9. The highest BCUT2D eigenvalue weighted by Gasteiger charge is 2.19. The Morgan fingerprint density at radius 1 is 1.10 bits per heavy atom. The van der Waals surface area contributed by atoms with Crippen molar-refractivity contribution in [1.29, 1.82) is 0 Å². The van der Waals surface area contributed by atoms with Gasteiger partial charge in [0.15, 0.2) is 0 Å². The molecule has 0 saturated carbocycles. The summed E-state index contributed by atoms with van der Waals surface area (Å²) in [6.45, 7) is 8.73. The summed E-state index contributed by atoms with van der Waals surface area (Å²) in [5.74, 6) is 0.550. The van der Waals surface area contributed by atoms with Gasteiger partial charge in [-0.3, -0.25) is 4.79 Å². The third-order valence-electron chi connectivity index (χ3n) is 4.09. The van der Waals surface area contributed by atoms with Crippen molar-refractivity contribution in [1.82, 2.24) is 5.32 Å². The van der Waals surface area contributed by atoms with Crippen LogP contribution < -0.4 is 16.8 Å². The fraction of sp³-hybridized carbons (Fsp3) is 0.588. The number of carbonyl (C=O) groups excluding carboxylic acids is 1. The number of amides is 1. The summed E-state index contributed by atoms with van der Waals surface area (Å²) in [5, 5.41) is 2.84. The SMILES string of the molecule is CCC(C)C(N)C(=O)NCC(N)c1ccc(C(C)C)cc1. The molecule has 0 aromatic heterocycles. The fourth-order valence-corrected chi connectivity index (χ4v) is 2.09. The monoisotopic (exact) mass is 291 g/mol. The number of carbonyl (C=O) groups is 1. The van der Waals surface area contributed by atoms with E-state index in [0.29, 0.717) is 12.5 Å². The summed E-state index contributed by atoms with van der Waals surface area (Å²) in [4.78, 5) is 11.9. The molecule has 0 aliphatic heterocycles. The van der Waals surface area contributed by atoms with Crippen LogP contribution in [0.4, 0.5) is 0 Å². The molecule has 1 aromatic rings. The summed E-state index contributed by atoms with van der Waals surface area (Å²) < 4.78 is 0. The van der Waals surface area contributed by atoms with Crippen LogP contribution in [0.1, 0.15) is 57.2 Å². The Balaban J connectivity index is 2.53. The van der Waals surface area contributed by atoms with Gasteiger partial charge in [-0.05, 0) is 23.0 Å². The first kappa shape index (κ1) is 17.7. The smallest absolute Gasteiger partial charge is 0.237 e. The van der Waals surface area contributed by atoms with Gasteiger partial charge in [-0.25, -0.2) is 0 Å². The largest absolute Gasteiger partial charge is 0.353 e. The highest BCUT2D eigenvalue weighted by atomic mass is 16.2. The van der Waals surface area contributed by atoms with Crippen molar-refractivity contribution in [2.45, 2.75) is 52.1 Å². The van der Waals surface area contributed by atoms with Gasteiger partial charge in [0, 0.05) is 12.6 Å². The molecule has 118 valence electrons. The topological polar surface area (TPSA) is 81.1 Å². The summed E-state index contributed by atoms with van der Waals surface area (Å²) in [6, 6.07) is 7.56. The highest BCUT2D eigenvalue weighted by Crippen LogP contribution is 2.17. The van der Waals surface area contributed by atoms with Crippen LogP contribution in [0.15, 0.2) is 24.3 Å². The van der Waals surface area contributed by atoms with Gasteiger partial charge >= 0.3 is 0 Å². The van der Waals surface area contributed by atoms with Crippen molar-refractivity contribution < 1.29 is 4.79 Å². The maximum Gasteiger partial charge on any atom is 0.237 e. The number of hydrogen-bond acceptors (Lipinski definition) is 3. The minimum absolute atomic E-state index is 0.126. The summed E-state index contributed by atoms with van der Waals surface area (Å²) in [7, 11) is 0. The van der Waals surface area contributed by atoms with Crippen molar-refractivity contribution in [2.24, 2.45) is 17.4 Å². The molecular weight excluding hydrogens is 262 g/mol. The molecule has 21 heavy (non-hydrogen) atoms. The van der Waals surface area contributed by atoms with Crippen LogP contribution in [0.2, 0.25) is 0 Å². The lowest BCUT2D eigenvalue weighted by Crippen LogP contribution is -2.46. The minimum Gasteiger partial charge on any atom is -0.353 e. The fourth-order valence-electron chi connectivity index (χ4n) is 2.09. The molecule has 1 rings (SSSR count). The van der Waals surface area contributed by atoms with Gasteiger partial charge in [-0.15, -0.1) is 0 Å². The van der Waals surface area contributed by atoms with E-state index in [1.54, 1.807) is 0 Å². The third-order valence-corrected chi connectivity index (χ3v) is 4.09. The van der Waals surface area contributed by atoms with Crippen LogP contribution in [0.25, 0.3) is 0 Å². The van der Waals surface area contributed by atoms with Crippen molar-refractivity contribution in [3.63, 3.8) is 0 Å². The van der Waals surface area contributed by atoms with Gasteiger partial charge in [0.05, 0.1) is 6.04 Å². The highest BCUT2D eigenvalue weighted by molar-refractivity contribution is 5.81. The van der Waals surface area contributed by atoms with Gasteiger partial charge in [-0.1, -0.05) is 58.4 Å². The van der Waals surface area contributed by atoms with Crippen LogP contribution in [-0.2, 0) is 4.79 Å². The van der Waals surface area contributed by atoms with Crippen molar-refractivity contribution in [2.75, 3.05) is 6.54 Å². The molecule has 0 fully saturated rings. The molecule has 1 aromatic carbocycles. The van der Waals surface area contributed by atoms with Gasteiger partial charge in [0.2, 0.25) is 5.91 Å². The van der Waals surface area contributed by atoms with Crippen LogP contribution in [0.5, 0.6) is 0 Å². The average Bonchev–Trinajstić information content (AvgIpc) is 2.50. The third kappa shape index (κ3) is 5.14. The second-order valence-corrected chi connectivity index (χ2v) is 6.08. The molecule has 1 amide bonds. The average molecular weight is 291 g/mol. The molecule has 0 saturated heterocycles. The molecule has 3 atom stereocenters. The predicted octanol–water partition coefficient (Wildman–Crippen LogP) is 2.30. The molecule has 4 heteroatoms. The van der Waals surface area contributed by atoms with Crippen LogP contribution in [-0.4, -0.2) is 18.5 Å². The van der Waals surface area contributed by atoms with Gasteiger partial charge in [0.25, 0.3) is 0 Å². The quantitative estimate of drug-likeness (QED) is 0.721. The zero-order valence-electron chi connectivity index (χ0n) is 13.6. The lowest BCUT2D eigenvalue weighted by Gasteiger charge is -2.20. The molecule has 0 heterocycles. The van der Waals surface area contributed by atoms with Gasteiger partial charge in [-0.2, -0.15) is 0 Å². The van der Waals surface area contributed by atoms with Crippen LogP contribution in [0.3, 0.4) is 0 Å². The molecule has 3 unspecified atom stereocenters. The lowest BCUT2D eigenvalue weighted by molar-refractivity contribution is -0.123. The number of nitrogens with two attached hydrogens (primary N) is 2. The van der Waals surface area contributed by atoms with E-state index in [9.17, 15) is 4.79 Å². The number of rotatable bonds is 7. The Hall–Kier alpha value is -1.39. The first-order chi connectivity index (χ1) is 9.86. The van der Waals surface area contributed by atoms with E-state index in [1.165, 1.54) is 5.56 Å². The van der Waals surface area contributed by atoms with Crippen molar-refractivity contribution >= 4 is 5.91 Å². The Morgan fingerprint density at radius 2 is 1.62 bits per heavy atom. The van der Waals surface area contributed by atoms with Gasteiger partial charge in [0.1, 0.15) is 0 Å². The van der Waals surface area contributed by atoms with Crippen LogP contribution >= 0.6 is 0 Å². The normalized spacial score (nSPS) is 15.6. The van der Waals surface area contributed by atoms with E-state index in [-0.39, 0.29) is 17.9 Å². The summed E-state index contributed by atoms with van der Waals surface area (Å²) in [6.07, 6.45) is 0.886. The summed E-state index contributed by atoms with van der Waals surface area (Å²) in [5.41, 5.74) is 14.3. The molecule has 0 spiro atoms. The maximum absolute atomic E-state index is 11.9. The molecule has 0 bridgehead atoms. The first-order valence-corrected chi connectivity index (χ1v) is 7.75. The molecular formula is C17H29N3O. The second kappa shape index (κ2) is 8.15. The molecule has 0 aliphatic rings. The predicted molar refractivity (Wildman–Crippen MR) is 87.9 cm³/mol. The summed E-state index contributed by atoms with van der Waals surface area (Å²) >= 11 is 0. The number of benzene rings is 1. The Kier molecular flexibility index (Phi) is 6.85.